The highest BCUT2D eigenvalue weighted by Gasteiger charge is 2.63. The minimum Gasteiger partial charge on any atom is -0.497 e. The summed E-state index contributed by atoms with van der Waals surface area (Å²) in [5.41, 5.74) is 2.56. The van der Waals surface area contributed by atoms with Crippen LogP contribution in [0.1, 0.15) is 18.9 Å². The Morgan fingerprint density at radius 3 is 2.79 bits per heavy atom. The topological polar surface area (TPSA) is 24.8 Å². The van der Waals surface area contributed by atoms with Gasteiger partial charge in [0.15, 0.2) is 0 Å². The van der Waals surface area contributed by atoms with Crippen LogP contribution in [0.5, 0.6) is 5.75 Å². The van der Waals surface area contributed by atoms with Crippen molar-refractivity contribution >= 4 is 5.84 Å². The Bertz CT molecular complexity index is 627. The molecule has 2 atom stereocenters. The van der Waals surface area contributed by atoms with Crippen LogP contribution in [-0.2, 0) is 5.54 Å². The molecule has 0 saturated heterocycles. The quantitative estimate of drug-likeness (QED) is 0.808. The molecule has 19 heavy (non-hydrogen) atoms. The molecule has 1 aromatic rings. The van der Waals surface area contributed by atoms with Crippen molar-refractivity contribution in [1.82, 2.24) is 4.90 Å². The molecule has 1 aliphatic carbocycles. The summed E-state index contributed by atoms with van der Waals surface area (Å²) in [5, 5.41) is 0. The molecule has 3 aliphatic rings. The smallest absolute Gasteiger partial charge is 0.128 e. The first-order chi connectivity index (χ1) is 9.23. The number of ether oxygens (including phenoxy) is 1. The molecule has 0 radical (unpaired) electrons. The molecule has 1 aromatic carbocycles. The number of amidine groups is 1. The molecule has 0 spiro atoms. The van der Waals surface area contributed by atoms with E-state index in [4.69, 9.17) is 9.73 Å². The van der Waals surface area contributed by atoms with Gasteiger partial charge in [0.05, 0.1) is 13.2 Å². The van der Waals surface area contributed by atoms with E-state index in [2.05, 4.69) is 42.3 Å². The molecule has 4 rings (SSSR count). The van der Waals surface area contributed by atoms with Crippen molar-refractivity contribution < 1.29 is 4.74 Å². The van der Waals surface area contributed by atoms with Gasteiger partial charge in [-0.05, 0) is 36.3 Å². The van der Waals surface area contributed by atoms with Gasteiger partial charge in [-0.3, -0.25) is 4.99 Å². The van der Waals surface area contributed by atoms with E-state index in [1.54, 1.807) is 7.11 Å². The number of hydrogen-bond acceptors (Lipinski definition) is 3. The Kier molecular flexibility index (Phi) is 2.00. The molecule has 2 heterocycles. The van der Waals surface area contributed by atoms with Crippen LogP contribution in [0, 0.1) is 0 Å². The number of methoxy groups -OCH3 is 1. The monoisotopic (exact) mass is 252 g/mol. The predicted molar refractivity (Wildman–Crippen MR) is 75.2 cm³/mol. The first-order valence-corrected chi connectivity index (χ1v) is 6.62. The molecule has 0 aromatic heterocycles. The Morgan fingerprint density at radius 1 is 1.26 bits per heavy atom. The lowest BCUT2D eigenvalue weighted by Crippen LogP contribution is -2.25. The van der Waals surface area contributed by atoms with E-state index >= 15 is 0 Å². The maximum Gasteiger partial charge on any atom is 0.128 e. The molecule has 2 aliphatic heterocycles. The highest BCUT2D eigenvalue weighted by atomic mass is 16.5. The summed E-state index contributed by atoms with van der Waals surface area (Å²) in [5.74, 6) is 1.99. The molecule has 0 N–H and O–H groups in total. The fourth-order valence-corrected chi connectivity index (χ4v) is 3.11. The normalized spacial score (nSPS) is 30.4. The van der Waals surface area contributed by atoms with Gasteiger partial charge in [-0.25, -0.2) is 0 Å². The maximum atomic E-state index is 5.22. The summed E-state index contributed by atoms with van der Waals surface area (Å²) in [4.78, 5) is 7.27. The Hall–Kier alpha value is -2.03. The van der Waals surface area contributed by atoms with Crippen molar-refractivity contribution in [3.8, 4) is 5.75 Å². The van der Waals surface area contributed by atoms with Crippen molar-refractivity contribution in [3.05, 3.63) is 53.8 Å². The zero-order valence-electron chi connectivity index (χ0n) is 11.1. The second-order valence-corrected chi connectivity index (χ2v) is 5.46. The molecule has 2 unspecified atom stereocenters. The number of aliphatic imine (C=N–C) groups is 1. The number of benzene rings is 1. The van der Waals surface area contributed by atoms with Gasteiger partial charge in [-0.15, -0.1) is 0 Å². The van der Waals surface area contributed by atoms with Gasteiger partial charge in [-0.2, -0.15) is 0 Å². The van der Waals surface area contributed by atoms with E-state index in [-0.39, 0.29) is 5.54 Å². The van der Waals surface area contributed by atoms with Crippen molar-refractivity contribution in [2.45, 2.75) is 24.9 Å². The molecule has 3 heteroatoms. The van der Waals surface area contributed by atoms with Crippen LogP contribution in [-0.4, -0.2) is 23.9 Å². The van der Waals surface area contributed by atoms with Gasteiger partial charge in [0.1, 0.15) is 17.1 Å². The van der Waals surface area contributed by atoms with Crippen molar-refractivity contribution in [2.75, 3.05) is 7.11 Å². The van der Waals surface area contributed by atoms with Gasteiger partial charge in [0.2, 0.25) is 0 Å². The molecule has 96 valence electrons. The first-order valence-electron chi connectivity index (χ1n) is 6.62. The highest BCUT2D eigenvalue weighted by molar-refractivity contribution is 5.98. The van der Waals surface area contributed by atoms with E-state index in [0.717, 1.165) is 18.0 Å². The lowest BCUT2D eigenvalue weighted by Gasteiger charge is -2.19. The van der Waals surface area contributed by atoms with Crippen LogP contribution in [0.3, 0.4) is 0 Å². The number of hydrogen-bond donors (Lipinski definition) is 0. The zero-order chi connectivity index (χ0) is 13.0. The summed E-state index contributed by atoms with van der Waals surface area (Å²) >= 11 is 0. The zero-order valence-corrected chi connectivity index (χ0v) is 11.1. The van der Waals surface area contributed by atoms with E-state index in [9.17, 15) is 0 Å². The SMILES string of the molecule is COc1ccc(C23CC2N2C=C(C)C=CC2=N3)cc1. The van der Waals surface area contributed by atoms with E-state index in [1.165, 1.54) is 11.1 Å². The minimum absolute atomic E-state index is 0.0208. The van der Waals surface area contributed by atoms with Crippen molar-refractivity contribution in [3.63, 3.8) is 0 Å². The van der Waals surface area contributed by atoms with Crippen LogP contribution in [0.4, 0.5) is 0 Å². The average molecular weight is 252 g/mol. The molecule has 0 amide bonds. The maximum absolute atomic E-state index is 5.22. The highest BCUT2D eigenvalue weighted by Crippen LogP contribution is 2.57. The first kappa shape index (κ1) is 10.9. The van der Waals surface area contributed by atoms with Crippen molar-refractivity contribution in [2.24, 2.45) is 4.99 Å². The standard InChI is InChI=1S/C16H16N2O/c1-11-3-8-15-17-16(9-14(16)18(15)10-11)12-4-6-13(19-2)7-5-12/h3-8,10,14H,9H2,1-2H3. The number of rotatable bonds is 2. The van der Waals surface area contributed by atoms with E-state index in [0.29, 0.717) is 6.04 Å². The van der Waals surface area contributed by atoms with Gasteiger partial charge >= 0.3 is 0 Å². The van der Waals surface area contributed by atoms with Gasteiger partial charge < -0.3 is 9.64 Å². The van der Waals surface area contributed by atoms with Gasteiger partial charge in [0.25, 0.3) is 0 Å². The molecular weight excluding hydrogens is 236 g/mol. The Morgan fingerprint density at radius 2 is 2.05 bits per heavy atom. The summed E-state index contributed by atoms with van der Waals surface area (Å²) in [6.07, 6.45) is 7.57. The lowest BCUT2D eigenvalue weighted by molar-refractivity contribution is 0.414. The Labute approximate surface area is 112 Å². The summed E-state index contributed by atoms with van der Waals surface area (Å²) < 4.78 is 5.22. The third kappa shape index (κ3) is 1.41. The largest absolute Gasteiger partial charge is 0.497 e. The number of allylic oxidation sites excluding steroid dienone is 2. The van der Waals surface area contributed by atoms with Crippen LogP contribution in [0.2, 0.25) is 0 Å². The second-order valence-electron chi connectivity index (χ2n) is 5.46. The molecule has 1 saturated carbocycles. The minimum atomic E-state index is -0.0208. The van der Waals surface area contributed by atoms with Crippen LogP contribution < -0.4 is 4.74 Å². The van der Waals surface area contributed by atoms with Gasteiger partial charge in [-0.1, -0.05) is 18.2 Å². The molecular formula is C16H16N2O. The lowest BCUT2D eigenvalue weighted by atomic mass is 10.1. The van der Waals surface area contributed by atoms with E-state index < -0.39 is 0 Å². The summed E-state index contributed by atoms with van der Waals surface area (Å²) in [6, 6.07) is 8.82. The van der Waals surface area contributed by atoms with Crippen molar-refractivity contribution in [1.29, 1.82) is 0 Å². The van der Waals surface area contributed by atoms with Crippen LogP contribution in [0.25, 0.3) is 0 Å². The third-order valence-corrected chi connectivity index (χ3v) is 4.24. The number of fused-ring (bicyclic) bond motifs is 3. The predicted octanol–water partition coefficient (Wildman–Crippen LogP) is 2.85. The molecule has 3 nitrogen and oxygen atoms in total. The second kappa shape index (κ2) is 3.50. The van der Waals surface area contributed by atoms with E-state index in [1.807, 2.05) is 12.1 Å². The summed E-state index contributed by atoms with van der Waals surface area (Å²) in [7, 11) is 1.70. The van der Waals surface area contributed by atoms with Crippen LogP contribution in [0.15, 0.2) is 53.2 Å². The molecule has 1 fully saturated rings. The average Bonchev–Trinajstić information content (AvgIpc) is 3.09. The van der Waals surface area contributed by atoms with Crippen LogP contribution >= 0.6 is 0 Å². The molecule has 0 bridgehead atoms. The fourth-order valence-electron chi connectivity index (χ4n) is 3.11. The number of nitrogens with zero attached hydrogens (tertiary/aromatic N) is 2. The van der Waals surface area contributed by atoms with Gasteiger partial charge in [0, 0.05) is 12.6 Å². The summed E-state index contributed by atoms with van der Waals surface area (Å²) in [6.45, 7) is 2.13. The fraction of sp³-hybridized carbons (Fsp3) is 0.312. The third-order valence-electron chi connectivity index (χ3n) is 4.24. The Balaban J connectivity index is 1.71.